The highest BCUT2D eigenvalue weighted by Gasteiger charge is 2.16. The van der Waals surface area contributed by atoms with Crippen LogP contribution in [0, 0.1) is 0 Å². The third kappa shape index (κ3) is 5.82. The predicted octanol–water partition coefficient (Wildman–Crippen LogP) is 3.69. The van der Waals surface area contributed by atoms with E-state index in [0.29, 0.717) is 12.3 Å². The normalized spacial score (nSPS) is 12.5. The average Bonchev–Trinajstić information content (AvgIpc) is 2.56. The van der Waals surface area contributed by atoms with E-state index in [0.717, 1.165) is 17.7 Å². The van der Waals surface area contributed by atoms with Crippen molar-refractivity contribution in [2.75, 3.05) is 12.3 Å². The average molecular weight is 340 g/mol. The molecule has 0 radical (unpaired) electrons. The van der Waals surface area contributed by atoms with Gasteiger partial charge in [0.1, 0.15) is 5.75 Å². The lowest BCUT2D eigenvalue weighted by Gasteiger charge is -2.20. The first kappa shape index (κ1) is 18.8. The van der Waals surface area contributed by atoms with Crippen LogP contribution in [0.25, 0.3) is 0 Å². The van der Waals surface area contributed by atoms with Gasteiger partial charge in [0, 0.05) is 12.2 Å². The second-order valence-corrected chi connectivity index (χ2v) is 7.32. The molecule has 1 unspecified atom stereocenters. The largest absolute Gasteiger partial charge is 0.481 e. The van der Waals surface area contributed by atoms with E-state index in [-0.39, 0.29) is 11.3 Å². The van der Waals surface area contributed by atoms with Crippen LogP contribution in [0.4, 0.5) is 5.69 Å². The summed E-state index contributed by atoms with van der Waals surface area (Å²) in [5.41, 5.74) is 8.88. The molecular formula is C21H28N2O2. The minimum atomic E-state index is -0.535. The molecule has 0 aliphatic heterocycles. The van der Waals surface area contributed by atoms with Crippen molar-refractivity contribution < 1.29 is 9.53 Å². The van der Waals surface area contributed by atoms with Crippen molar-refractivity contribution in [3.63, 3.8) is 0 Å². The molecule has 1 atom stereocenters. The Bertz CT molecular complexity index is 685. The molecule has 3 N–H and O–H groups in total. The lowest BCUT2D eigenvalue weighted by atomic mass is 9.87. The van der Waals surface area contributed by atoms with E-state index in [1.807, 2.05) is 48.5 Å². The number of hydrogen-bond donors (Lipinski definition) is 2. The summed E-state index contributed by atoms with van der Waals surface area (Å²) in [6, 6.07) is 15.6. The second kappa shape index (κ2) is 8.06. The Morgan fingerprint density at radius 1 is 1.08 bits per heavy atom. The number of carbonyl (C=O) groups is 1. The Labute approximate surface area is 150 Å². The Morgan fingerprint density at radius 3 is 2.24 bits per heavy atom. The number of nitrogen functional groups attached to an aromatic ring is 1. The molecule has 134 valence electrons. The molecule has 0 aliphatic rings. The Morgan fingerprint density at radius 2 is 1.68 bits per heavy atom. The molecule has 0 saturated heterocycles. The van der Waals surface area contributed by atoms with E-state index in [4.69, 9.17) is 10.5 Å². The van der Waals surface area contributed by atoms with Crippen molar-refractivity contribution in [1.82, 2.24) is 5.32 Å². The highest BCUT2D eigenvalue weighted by Crippen LogP contribution is 2.24. The van der Waals surface area contributed by atoms with Crippen LogP contribution >= 0.6 is 0 Å². The van der Waals surface area contributed by atoms with Crippen LogP contribution in [0.15, 0.2) is 48.5 Å². The fraction of sp³-hybridized carbons (Fsp3) is 0.381. The molecular weight excluding hydrogens is 312 g/mol. The molecule has 0 aliphatic carbocycles. The van der Waals surface area contributed by atoms with Crippen LogP contribution in [0.3, 0.4) is 0 Å². The zero-order valence-corrected chi connectivity index (χ0v) is 15.5. The van der Waals surface area contributed by atoms with Gasteiger partial charge in [0.15, 0.2) is 6.10 Å². The second-order valence-electron chi connectivity index (χ2n) is 7.32. The summed E-state index contributed by atoms with van der Waals surface area (Å²) in [4.78, 5) is 12.2. The molecule has 0 heterocycles. The maximum absolute atomic E-state index is 12.2. The van der Waals surface area contributed by atoms with Gasteiger partial charge in [0.25, 0.3) is 5.91 Å². The highest BCUT2D eigenvalue weighted by atomic mass is 16.5. The first-order valence-corrected chi connectivity index (χ1v) is 8.65. The van der Waals surface area contributed by atoms with Gasteiger partial charge >= 0.3 is 0 Å². The van der Waals surface area contributed by atoms with Crippen molar-refractivity contribution >= 4 is 11.6 Å². The standard InChI is InChI=1S/C21H28N2O2/c1-15(25-19-11-7-17(8-12-19)21(2,3)4)20(24)23-14-13-16-5-9-18(22)10-6-16/h5-12,15H,13-14,22H2,1-4H3,(H,23,24). The van der Waals surface area contributed by atoms with Crippen molar-refractivity contribution in [3.8, 4) is 5.75 Å². The number of rotatable bonds is 6. The highest BCUT2D eigenvalue weighted by molar-refractivity contribution is 5.80. The number of carbonyl (C=O) groups excluding carboxylic acids is 1. The van der Waals surface area contributed by atoms with Gasteiger partial charge in [-0.05, 0) is 54.2 Å². The summed E-state index contributed by atoms with van der Waals surface area (Å²) < 4.78 is 5.73. The minimum Gasteiger partial charge on any atom is -0.481 e. The third-order valence-electron chi connectivity index (χ3n) is 4.10. The van der Waals surface area contributed by atoms with E-state index in [1.165, 1.54) is 5.56 Å². The third-order valence-corrected chi connectivity index (χ3v) is 4.10. The van der Waals surface area contributed by atoms with Crippen molar-refractivity contribution in [3.05, 3.63) is 59.7 Å². The molecule has 0 fully saturated rings. The van der Waals surface area contributed by atoms with Gasteiger partial charge in [-0.1, -0.05) is 45.0 Å². The Kier molecular flexibility index (Phi) is 6.07. The summed E-state index contributed by atoms with van der Waals surface area (Å²) >= 11 is 0. The van der Waals surface area contributed by atoms with Crippen LogP contribution in [0.2, 0.25) is 0 Å². The van der Waals surface area contributed by atoms with Gasteiger partial charge in [-0.3, -0.25) is 4.79 Å². The number of hydrogen-bond acceptors (Lipinski definition) is 3. The molecule has 2 aromatic rings. The monoisotopic (exact) mass is 340 g/mol. The van der Waals surface area contributed by atoms with Gasteiger partial charge < -0.3 is 15.8 Å². The predicted molar refractivity (Wildman–Crippen MR) is 103 cm³/mol. The number of nitrogens with two attached hydrogens (primary N) is 1. The topological polar surface area (TPSA) is 64.3 Å². The first-order chi connectivity index (χ1) is 11.8. The smallest absolute Gasteiger partial charge is 0.260 e. The maximum atomic E-state index is 12.2. The fourth-order valence-electron chi connectivity index (χ4n) is 2.45. The summed E-state index contributed by atoms with van der Waals surface area (Å²) in [7, 11) is 0. The number of nitrogens with one attached hydrogen (secondary N) is 1. The molecule has 2 rings (SSSR count). The van der Waals surface area contributed by atoms with Crippen LogP contribution in [-0.4, -0.2) is 18.6 Å². The molecule has 0 saturated carbocycles. The first-order valence-electron chi connectivity index (χ1n) is 8.65. The Balaban J connectivity index is 1.80. The molecule has 4 heteroatoms. The summed E-state index contributed by atoms with van der Waals surface area (Å²) in [5.74, 6) is 0.588. The lowest BCUT2D eigenvalue weighted by Crippen LogP contribution is -2.37. The van der Waals surface area contributed by atoms with Gasteiger partial charge in [-0.15, -0.1) is 0 Å². The van der Waals surface area contributed by atoms with Crippen LogP contribution in [0.1, 0.15) is 38.8 Å². The number of ether oxygens (including phenoxy) is 1. The van der Waals surface area contributed by atoms with E-state index in [2.05, 4.69) is 26.1 Å². The number of amides is 1. The molecule has 25 heavy (non-hydrogen) atoms. The van der Waals surface area contributed by atoms with Gasteiger partial charge in [-0.25, -0.2) is 0 Å². The van der Waals surface area contributed by atoms with Crippen molar-refractivity contribution in [2.45, 2.75) is 45.6 Å². The van der Waals surface area contributed by atoms with Gasteiger partial charge in [0.05, 0.1) is 0 Å². The zero-order chi connectivity index (χ0) is 18.4. The molecule has 0 spiro atoms. The summed E-state index contributed by atoms with van der Waals surface area (Å²) in [6.45, 7) is 8.83. The zero-order valence-electron chi connectivity index (χ0n) is 15.5. The van der Waals surface area contributed by atoms with E-state index < -0.39 is 6.10 Å². The van der Waals surface area contributed by atoms with Gasteiger partial charge in [-0.2, -0.15) is 0 Å². The number of anilines is 1. The van der Waals surface area contributed by atoms with E-state index >= 15 is 0 Å². The fourth-order valence-corrected chi connectivity index (χ4v) is 2.45. The Hall–Kier alpha value is -2.49. The van der Waals surface area contributed by atoms with Crippen LogP contribution < -0.4 is 15.8 Å². The van der Waals surface area contributed by atoms with Crippen molar-refractivity contribution in [1.29, 1.82) is 0 Å². The van der Waals surface area contributed by atoms with Gasteiger partial charge in [0.2, 0.25) is 0 Å². The molecule has 2 aromatic carbocycles. The SMILES string of the molecule is CC(Oc1ccc(C(C)(C)C)cc1)C(=O)NCCc1ccc(N)cc1. The molecule has 4 nitrogen and oxygen atoms in total. The maximum Gasteiger partial charge on any atom is 0.260 e. The number of benzene rings is 2. The summed E-state index contributed by atoms with van der Waals surface area (Å²) in [5, 5.41) is 2.91. The quantitative estimate of drug-likeness (QED) is 0.788. The van der Waals surface area contributed by atoms with E-state index in [1.54, 1.807) is 6.92 Å². The van der Waals surface area contributed by atoms with Crippen molar-refractivity contribution in [2.24, 2.45) is 0 Å². The van der Waals surface area contributed by atoms with Crippen LogP contribution in [-0.2, 0) is 16.6 Å². The van der Waals surface area contributed by atoms with E-state index in [9.17, 15) is 4.79 Å². The summed E-state index contributed by atoms with van der Waals surface area (Å²) in [6.07, 6.45) is 0.228. The van der Waals surface area contributed by atoms with Crippen LogP contribution in [0.5, 0.6) is 5.75 Å². The molecule has 0 aromatic heterocycles. The minimum absolute atomic E-state index is 0.101. The molecule has 0 bridgehead atoms. The lowest BCUT2D eigenvalue weighted by molar-refractivity contribution is -0.127. The molecule has 1 amide bonds.